The molecule has 0 radical (unpaired) electrons. The number of primary amides is 1. The van der Waals surface area contributed by atoms with Gasteiger partial charge in [-0.2, -0.15) is 18.3 Å². The van der Waals surface area contributed by atoms with E-state index in [0.29, 0.717) is 4.52 Å². The van der Waals surface area contributed by atoms with Crippen molar-refractivity contribution in [3.8, 4) is 0 Å². The number of rotatable bonds is 5. The summed E-state index contributed by atoms with van der Waals surface area (Å²) in [6.45, 7) is 6.08. The van der Waals surface area contributed by atoms with E-state index in [9.17, 15) is 27.6 Å². The Bertz CT molecular complexity index is 1300. The quantitative estimate of drug-likeness (QED) is 0.462. The molecule has 0 saturated heterocycles. The lowest BCUT2D eigenvalue weighted by Gasteiger charge is -2.10. The van der Waals surface area contributed by atoms with Crippen LogP contribution < -0.4 is 11.1 Å². The molecule has 0 aliphatic carbocycles. The first kappa shape index (κ1) is 24.6. The summed E-state index contributed by atoms with van der Waals surface area (Å²) in [5, 5.41) is 6.15. The van der Waals surface area contributed by atoms with Gasteiger partial charge in [0.2, 0.25) is 0 Å². The molecule has 0 fully saturated rings. The first-order chi connectivity index (χ1) is 15.2. The highest BCUT2D eigenvalue weighted by molar-refractivity contribution is 9.10. The number of esters is 1. The van der Waals surface area contributed by atoms with Crippen LogP contribution in [0.5, 0.6) is 0 Å². The third kappa shape index (κ3) is 4.71. The van der Waals surface area contributed by atoms with Crippen LogP contribution >= 0.6 is 27.3 Å². The Morgan fingerprint density at radius 3 is 2.45 bits per heavy atom. The molecule has 0 bridgehead atoms. The molecule has 0 aromatic carbocycles. The second kappa shape index (κ2) is 8.74. The van der Waals surface area contributed by atoms with E-state index >= 15 is 0 Å². The van der Waals surface area contributed by atoms with Crippen molar-refractivity contribution in [3.05, 3.63) is 43.6 Å². The number of nitrogens with two attached hydrogens (primary N) is 1. The van der Waals surface area contributed by atoms with Gasteiger partial charge >= 0.3 is 12.1 Å². The molecule has 0 saturated carbocycles. The van der Waals surface area contributed by atoms with E-state index in [0.717, 1.165) is 17.4 Å². The minimum absolute atomic E-state index is 0.0201. The number of ether oxygens (including phenoxy) is 1. The minimum atomic E-state index is -4.75. The first-order valence-electron chi connectivity index (χ1n) is 9.31. The molecule has 0 unspecified atom stereocenters. The Hall–Kier alpha value is -3.00. The van der Waals surface area contributed by atoms with Crippen molar-refractivity contribution in [1.82, 2.24) is 14.6 Å². The van der Waals surface area contributed by atoms with Crippen LogP contribution in [0.1, 0.15) is 61.3 Å². The van der Waals surface area contributed by atoms with E-state index in [2.05, 4.69) is 31.3 Å². The third-order valence-electron chi connectivity index (χ3n) is 4.31. The lowest BCUT2D eigenvalue weighted by Crippen LogP contribution is -2.18. The fourth-order valence-corrected chi connectivity index (χ4v) is 4.54. The third-order valence-corrected chi connectivity index (χ3v) is 6.26. The van der Waals surface area contributed by atoms with Gasteiger partial charge in [-0.05, 0) is 55.3 Å². The average Bonchev–Trinajstić information content (AvgIpc) is 3.17. The van der Waals surface area contributed by atoms with Crippen LogP contribution in [0.3, 0.4) is 0 Å². The number of aryl methyl sites for hydroxylation is 1. The van der Waals surface area contributed by atoms with Crippen molar-refractivity contribution in [2.24, 2.45) is 5.73 Å². The molecule has 3 rings (SSSR count). The summed E-state index contributed by atoms with van der Waals surface area (Å²) in [6, 6.07) is 0.802. The summed E-state index contributed by atoms with van der Waals surface area (Å²) in [5.74, 6) is -2.55. The van der Waals surface area contributed by atoms with Crippen molar-refractivity contribution in [3.63, 3.8) is 0 Å². The van der Waals surface area contributed by atoms with Crippen molar-refractivity contribution < 1.29 is 32.3 Å². The number of anilines is 1. The van der Waals surface area contributed by atoms with E-state index in [4.69, 9.17) is 10.5 Å². The molecule has 9 nitrogen and oxygen atoms in total. The number of carbonyl (C=O) groups excluding carboxylic acids is 3. The van der Waals surface area contributed by atoms with Gasteiger partial charge in [-0.3, -0.25) is 9.59 Å². The van der Waals surface area contributed by atoms with Gasteiger partial charge in [-0.15, -0.1) is 11.3 Å². The largest absolute Gasteiger partial charge is 0.459 e. The van der Waals surface area contributed by atoms with E-state index in [-0.39, 0.29) is 36.8 Å². The number of thiophene rings is 1. The van der Waals surface area contributed by atoms with Crippen LogP contribution in [0.4, 0.5) is 18.2 Å². The molecule has 2 amide bonds. The number of fused-ring (bicyclic) bond motifs is 1. The number of hydrogen-bond donors (Lipinski definition) is 2. The number of nitrogens with one attached hydrogen (secondary N) is 1. The SMILES string of the molecule is Cc1cc(C(F)(F)F)n2nc(C(=O)Nc3sc(C(N)=O)c(C)c3C(=O)OC(C)C)c(Br)c2n1. The highest BCUT2D eigenvalue weighted by Crippen LogP contribution is 2.36. The van der Waals surface area contributed by atoms with Crippen LogP contribution in [0.25, 0.3) is 5.65 Å². The Morgan fingerprint density at radius 2 is 1.91 bits per heavy atom. The van der Waals surface area contributed by atoms with Gasteiger partial charge in [0.25, 0.3) is 11.8 Å². The second-order valence-electron chi connectivity index (χ2n) is 7.21. The number of aromatic nitrogens is 3. The molecule has 0 atom stereocenters. The van der Waals surface area contributed by atoms with E-state index in [1.807, 2.05) is 0 Å². The zero-order valence-electron chi connectivity index (χ0n) is 17.6. The Balaban J connectivity index is 2.10. The number of nitrogens with zero attached hydrogens (tertiary/aromatic N) is 3. The van der Waals surface area contributed by atoms with Gasteiger partial charge < -0.3 is 15.8 Å². The molecule has 3 heterocycles. The normalized spacial score (nSPS) is 11.8. The van der Waals surface area contributed by atoms with Crippen molar-refractivity contribution in [2.75, 3.05) is 5.32 Å². The summed E-state index contributed by atoms with van der Waals surface area (Å²) >= 11 is 3.83. The standard InChI is InChI=1S/C19H17BrF3N5O4S/c1-6(2)32-18(31)10-8(4)13(14(24)29)33-17(10)26-16(30)12-11(20)15-25-7(3)5-9(19(21,22)23)28(15)27-12/h5-6H,1-4H3,(H2,24,29)(H,26,30). The molecule has 0 spiro atoms. The Labute approximate surface area is 197 Å². The fraction of sp³-hybridized carbons (Fsp3) is 0.316. The van der Waals surface area contributed by atoms with Crippen molar-refractivity contribution in [1.29, 1.82) is 0 Å². The predicted octanol–water partition coefficient (Wildman–Crippen LogP) is 4.11. The molecular weight excluding hydrogens is 531 g/mol. The van der Waals surface area contributed by atoms with Crippen molar-refractivity contribution in [2.45, 2.75) is 40.0 Å². The maximum Gasteiger partial charge on any atom is 0.433 e. The maximum atomic E-state index is 13.5. The van der Waals surface area contributed by atoms with E-state index < -0.39 is 41.5 Å². The minimum Gasteiger partial charge on any atom is -0.459 e. The number of carbonyl (C=O) groups is 3. The van der Waals surface area contributed by atoms with Gasteiger partial charge in [-0.1, -0.05) is 0 Å². The topological polar surface area (TPSA) is 129 Å². The summed E-state index contributed by atoms with van der Waals surface area (Å²) in [7, 11) is 0. The smallest absolute Gasteiger partial charge is 0.433 e. The van der Waals surface area contributed by atoms with Crippen LogP contribution in [0.15, 0.2) is 10.5 Å². The molecule has 3 aromatic heterocycles. The van der Waals surface area contributed by atoms with Gasteiger partial charge in [0.15, 0.2) is 11.3 Å². The average molecular weight is 548 g/mol. The van der Waals surface area contributed by atoms with Crippen molar-refractivity contribution >= 4 is 55.7 Å². The maximum absolute atomic E-state index is 13.5. The summed E-state index contributed by atoms with van der Waals surface area (Å²) in [4.78, 5) is 41.3. The molecule has 0 aliphatic heterocycles. The molecular formula is C19H17BrF3N5O4S. The number of hydrogen-bond acceptors (Lipinski definition) is 7. The van der Waals surface area contributed by atoms with Gasteiger partial charge in [0, 0.05) is 5.69 Å². The molecule has 3 N–H and O–H groups in total. The van der Waals surface area contributed by atoms with E-state index in [1.165, 1.54) is 13.8 Å². The van der Waals surface area contributed by atoms with Gasteiger partial charge in [0.1, 0.15) is 10.7 Å². The zero-order chi connectivity index (χ0) is 24.8. The van der Waals surface area contributed by atoms with E-state index in [1.54, 1.807) is 13.8 Å². The predicted molar refractivity (Wildman–Crippen MR) is 117 cm³/mol. The van der Waals surface area contributed by atoms with Crippen LogP contribution in [-0.2, 0) is 10.9 Å². The monoisotopic (exact) mass is 547 g/mol. The van der Waals surface area contributed by atoms with Gasteiger partial charge in [-0.25, -0.2) is 14.3 Å². The number of alkyl halides is 3. The summed E-state index contributed by atoms with van der Waals surface area (Å²) < 4.78 is 46.0. The summed E-state index contributed by atoms with van der Waals surface area (Å²) in [5.41, 5.74) is 3.81. The second-order valence-corrected chi connectivity index (χ2v) is 9.02. The first-order valence-corrected chi connectivity index (χ1v) is 10.9. The molecule has 176 valence electrons. The number of halogens is 4. The Morgan fingerprint density at radius 1 is 1.27 bits per heavy atom. The fourth-order valence-electron chi connectivity index (χ4n) is 2.98. The van der Waals surface area contributed by atoms with Crippen LogP contribution in [0, 0.1) is 13.8 Å². The highest BCUT2D eigenvalue weighted by Gasteiger charge is 2.36. The molecule has 14 heteroatoms. The summed E-state index contributed by atoms with van der Waals surface area (Å²) in [6.07, 6.45) is -5.24. The lowest BCUT2D eigenvalue weighted by atomic mass is 10.1. The lowest BCUT2D eigenvalue weighted by molar-refractivity contribution is -0.142. The zero-order valence-corrected chi connectivity index (χ0v) is 20.0. The van der Waals surface area contributed by atoms with Crippen LogP contribution in [0.2, 0.25) is 0 Å². The molecule has 3 aromatic rings. The van der Waals surface area contributed by atoms with Gasteiger partial charge in [0.05, 0.1) is 21.0 Å². The number of amides is 2. The van der Waals surface area contributed by atoms with Crippen LogP contribution in [-0.4, -0.2) is 38.5 Å². The molecule has 0 aliphatic rings. The highest BCUT2D eigenvalue weighted by atomic mass is 79.9. The molecule has 33 heavy (non-hydrogen) atoms. The Kier molecular flexibility index (Phi) is 6.53.